The first kappa shape index (κ1) is 28.4. The van der Waals surface area contributed by atoms with Gasteiger partial charge in [-0.25, -0.2) is 0 Å². The molecule has 2 aliphatic carbocycles. The van der Waals surface area contributed by atoms with Crippen molar-refractivity contribution in [1.82, 2.24) is 30.8 Å². The van der Waals surface area contributed by atoms with E-state index < -0.39 is 5.66 Å². The van der Waals surface area contributed by atoms with E-state index in [0.717, 1.165) is 62.6 Å². The molecule has 2 N–H and O–H groups in total. The summed E-state index contributed by atoms with van der Waals surface area (Å²) in [5.41, 5.74) is 2.26. The van der Waals surface area contributed by atoms with Crippen LogP contribution in [0.5, 0.6) is 0 Å². The molecule has 9 heteroatoms. The average Bonchev–Trinajstić information content (AvgIpc) is 3.52. The fourth-order valence-corrected chi connectivity index (χ4v) is 6.73. The van der Waals surface area contributed by atoms with Gasteiger partial charge in [-0.1, -0.05) is 77.1 Å². The molecule has 9 nitrogen and oxygen atoms in total. The highest BCUT2D eigenvalue weighted by Crippen LogP contribution is 2.50. The molecular formula is C31H45N7O2. The van der Waals surface area contributed by atoms with Crippen molar-refractivity contribution in [2.45, 2.75) is 117 Å². The van der Waals surface area contributed by atoms with Gasteiger partial charge in [0.05, 0.1) is 12.6 Å². The van der Waals surface area contributed by atoms with Gasteiger partial charge in [-0.15, -0.1) is 10.2 Å². The maximum Gasteiger partial charge on any atom is 0.270 e. The van der Waals surface area contributed by atoms with Crippen molar-refractivity contribution in [2.75, 3.05) is 0 Å². The Morgan fingerprint density at radius 1 is 1.15 bits per heavy atom. The van der Waals surface area contributed by atoms with Crippen LogP contribution in [-0.2, 0) is 11.3 Å². The Bertz CT molecular complexity index is 1190. The standard InChI is InChI=1S/C31H45N7O2/c1-5-6-10-26(22-11-13-23(14-12-22)28(39)32-20-27-34-36-37-35-27)38-29(40)25(19-21-8-7-9-21)33-31(38)17-15-24(16-18-31)30(2,3)4/h11-14,21,24,26H,5-10,15-20H2,1-4H3,(H,32,39)(H,34,35,36,37)/t24?,26-,31?/m1/s1. The number of hydrogen-bond donors (Lipinski definition) is 2. The molecule has 1 aliphatic heterocycles. The van der Waals surface area contributed by atoms with Crippen molar-refractivity contribution >= 4 is 17.5 Å². The molecule has 0 radical (unpaired) electrons. The van der Waals surface area contributed by atoms with E-state index in [2.05, 4.69) is 58.5 Å². The van der Waals surface area contributed by atoms with Crippen LogP contribution in [0, 0.1) is 17.3 Å². The number of aromatic amines is 1. The SMILES string of the molecule is CCCC[C@H](c1ccc(C(=O)NCc2nn[nH]n2)cc1)N1C(=O)C(CC2CCC2)=NC12CCC(C(C)(C)C)CC2. The van der Waals surface area contributed by atoms with Crippen LogP contribution in [0.15, 0.2) is 29.3 Å². The third-order valence-corrected chi connectivity index (χ3v) is 9.47. The number of carbonyl (C=O) groups is 2. The number of unbranched alkanes of at least 4 members (excludes halogenated alkanes) is 1. The lowest BCUT2D eigenvalue weighted by molar-refractivity contribution is -0.134. The molecule has 0 saturated heterocycles. The molecule has 40 heavy (non-hydrogen) atoms. The van der Waals surface area contributed by atoms with Crippen LogP contribution in [0.4, 0.5) is 0 Å². The number of aliphatic imine (C=N–C) groups is 1. The van der Waals surface area contributed by atoms with E-state index in [-0.39, 0.29) is 29.8 Å². The summed E-state index contributed by atoms with van der Waals surface area (Å²) in [7, 11) is 0. The third-order valence-electron chi connectivity index (χ3n) is 9.47. The van der Waals surface area contributed by atoms with Crippen molar-refractivity contribution < 1.29 is 9.59 Å². The number of nitrogens with one attached hydrogen (secondary N) is 2. The van der Waals surface area contributed by atoms with Gasteiger partial charge in [-0.05, 0) is 73.5 Å². The zero-order valence-corrected chi connectivity index (χ0v) is 24.6. The molecule has 0 bridgehead atoms. The highest BCUT2D eigenvalue weighted by Gasteiger charge is 2.52. The van der Waals surface area contributed by atoms with Crippen LogP contribution >= 0.6 is 0 Å². The second-order valence-electron chi connectivity index (χ2n) is 13.1. The smallest absolute Gasteiger partial charge is 0.270 e. The van der Waals surface area contributed by atoms with E-state index in [1.54, 1.807) is 0 Å². The summed E-state index contributed by atoms with van der Waals surface area (Å²) in [5.74, 6) is 1.62. The van der Waals surface area contributed by atoms with Crippen molar-refractivity contribution in [1.29, 1.82) is 0 Å². The van der Waals surface area contributed by atoms with Crippen molar-refractivity contribution in [3.05, 3.63) is 41.2 Å². The normalized spacial score (nSPS) is 24.2. The first-order valence-electron chi connectivity index (χ1n) is 15.2. The molecule has 216 valence electrons. The minimum Gasteiger partial charge on any atom is -0.345 e. The molecule has 1 aromatic carbocycles. The van der Waals surface area contributed by atoms with Gasteiger partial charge in [-0.3, -0.25) is 14.6 Å². The molecule has 3 aliphatic rings. The number of rotatable bonds is 10. The lowest BCUT2D eigenvalue weighted by Gasteiger charge is -2.47. The topological polar surface area (TPSA) is 116 Å². The van der Waals surface area contributed by atoms with Crippen LogP contribution in [0.25, 0.3) is 0 Å². The second-order valence-corrected chi connectivity index (χ2v) is 13.1. The number of carbonyl (C=O) groups excluding carboxylic acids is 2. The van der Waals surface area contributed by atoms with Gasteiger partial charge in [0, 0.05) is 5.56 Å². The largest absolute Gasteiger partial charge is 0.345 e. The number of aromatic nitrogens is 4. The molecule has 2 heterocycles. The Hall–Kier alpha value is -3.10. The van der Waals surface area contributed by atoms with Crippen LogP contribution < -0.4 is 5.32 Å². The first-order valence-corrected chi connectivity index (χ1v) is 15.2. The lowest BCUT2D eigenvalue weighted by atomic mass is 9.69. The van der Waals surface area contributed by atoms with Crippen LogP contribution in [0.2, 0.25) is 0 Å². The average molecular weight is 548 g/mol. The predicted octanol–water partition coefficient (Wildman–Crippen LogP) is 5.77. The minimum absolute atomic E-state index is 0.0577. The summed E-state index contributed by atoms with van der Waals surface area (Å²) >= 11 is 0. The molecule has 1 spiro atoms. The highest BCUT2D eigenvalue weighted by atomic mass is 16.2. The molecule has 0 unspecified atom stereocenters. The van der Waals surface area contributed by atoms with Gasteiger partial charge in [0.1, 0.15) is 11.4 Å². The number of benzene rings is 1. The van der Waals surface area contributed by atoms with E-state index in [1.807, 2.05) is 24.3 Å². The van der Waals surface area contributed by atoms with Crippen LogP contribution in [0.1, 0.15) is 126 Å². The van der Waals surface area contributed by atoms with Gasteiger partial charge >= 0.3 is 0 Å². The zero-order chi connectivity index (χ0) is 28.3. The summed E-state index contributed by atoms with van der Waals surface area (Å²) in [5, 5.41) is 16.5. The molecule has 5 rings (SSSR count). The Kier molecular flexibility index (Phi) is 8.38. The molecule has 1 atom stereocenters. The number of H-pyrrole nitrogens is 1. The van der Waals surface area contributed by atoms with Gasteiger partial charge in [-0.2, -0.15) is 5.21 Å². The van der Waals surface area contributed by atoms with E-state index in [9.17, 15) is 9.59 Å². The second kappa shape index (κ2) is 11.8. The summed E-state index contributed by atoms with van der Waals surface area (Å²) < 4.78 is 0. The van der Waals surface area contributed by atoms with Crippen LogP contribution in [-0.4, -0.2) is 48.7 Å². The predicted molar refractivity (Wildman–Crippen MR) is 154 cm³/mol. The van der Waals surface area contributed by atoms with Gasteiger partial charge in [0.15, 0.2) is 5.82 Å². The Morgan fingerprint density at radius 2 is 1.88 bits per heavy atom. The molecule has 2 aromatic rings. The molecule has 2 fully saturated rings. The fraction of sp³-hybridized carbons (Fsp3) is 0.677. The Labute approximate surface area is 238 Å². The highest BCUT2D eigenvalue weighted by molar-refractivity contribution is 6.40. The lowest BCUT2D eigenvalue weighted by Crippen LogP contribution is -2.51. The minimum atomic E-state index is -0.447. The summed E-state index contributed by atoms with van der Waals surface area (Å²) in [6.07, 6.45) is 11.5. The summed E-state index contributed by atoms with van der Waals surface area (Å²) in [6, 6.07) is 7.71. The Balaban J connectivity index is 1.39. The molecule has 2 amide bonds. The van der Waals surface area contributed by atoms with E-state index in [4.69, 9.17) is 4.99 Å². The van der Waals surface area contributed by atoms with Crippen molar-refractivity contribution in [3.8, 4) is 0 Å². The van der Waals surface area contributed by atoms with Crippen LogP contribution in [0.3, 0.4) is 0 Å². The van der Waals surface area contributed by atoms with Gasteiger partial charge in [0.25, 0.3) is 11.8 Å². The quantitative estimate of drug-likeness (QED) is 0.392. The number of tetrazole rings is 1. The molecule has 1 aromatic heterocycles. The van der Waals surface area contributed by atoms with E-state index in [1.165, 1.54) is 19.3 Å². The maximum absolute atomic E-state index is 14.2. The number of amides is 2. The summed E-state index contributed by atoms with van der Waals surface area (Å²) in [6.45, 7) is 9.41. The maximum atomic E-state index is 14.2. The number of hydrogen-bond acceptors (Lipinski definition) is 6. The monoisotopic (exact) mass is 547 g/mol. The zero-order valence-electron chi connectivity index (χ0n) is 24.6. The van der Waals surface area contributed by atoms with E-state index >= 15 is 0 Å². The third kappa shape index (κ3) is 5.98. The summed E-state index contributed by atoms with van der Waals surface area (Å²) in [4.78, 5) is 34.5. The van der Waals surface area contributed by atoms with Crippen molar-refractivity contribution in [2.24, 2.45) is 22.2 Å². The Morgan fingerprint density at radius 3 is 2.45 bits per heavy atom. The van der Waals surface area contributed by atoms with E-state index in [0.29, 0.717) is 23.2 Å². The molecular weight excluding hydrogens is 502 g/mol. The van der Waals surface area contributed by atoms with Crippen molar-refractivity contribution in [3.63, 3.8) is 0 Å². The first-order chi connectivity index (χ1) is 19.2. The molecule has 2 saturated carbocycles. The van der Waals surface area contributed by atoms with Gasteiger partial charge in [0.2, 0.25) is 0 Å². The van der Waals surface area contributed by atoms with Gasteiger partial charge < -0.3 is 10.2 Å². The number of nitrogens with zero attached hydrogens (tertiary/aromatic N) is 5. The fourth-order valence-electron chi connectivity index (χ4n) is 6.73.